The summed E-state index contributed by atoms with van der Waals surface area (Å²) in [6, 6.07) is 26.9. The first-order valence-electron chi connectivity index (χ1n) is 13.7. The first-order valence-corrected chi connectivity index (χ1v) is 14.1. The van der Waals surface area contributed by atoms with Crippen molar-refractivity contribution in [1.29, 1.82) is 0 Å². The number of aryl methyl sites for hydroxylation is 1. The maximum absolute atomic E-state index is 12.7. The molecule has 7 heteroatoms. The van der Waals surface area contributed by atoms with Crippen molar-refractivity contribution in [3.05, 3.63) is 107 Å². The number of benzene rings is 3. The van der Waals surface area contributed by atoms with E-state index in [2.05, 4.69) is 29.1 Å². The third-order valence-electron chi connectivity index (χ3n) is 6.07. The van der Waals surface area contributed by atoms with E-state index < -0.39 is 0 Å². The Morgan fingerprint density at radius 2 is 1.50 bits per heavy atom. The Kier molecular flexibility index (Phi) is 12.3. The Morgan fingerprint density at radius 1 is 0.850 bits per heavy atom. The van der Waals surface area contributed by atoms with Crippen molar-refractivity contribution in [3.63, 3.8) is 0 Å². The fourth-order valence-corrected chi connectivity index (χ4v) is 4.15. The lowest BCUT2D eigenvalue weighted by Gasteiger charge is -2.21. The third kappa shape index (κ3) is 9.93. The smallest absolute Gasteiger partial charge is 0.253 e. The molecule has 40 heavy (non-hydrogen) atoms. The number of Topliss-reactive ketones (excluding diaryl/α,β-unsaturated/α-hetero) is 1. The highest BCUT2D eigenvalue weighted by Gasteiger charge is 2.14. The third-order valence-corrected chi connectivity index (χ3v) is 6.32. The van der Waals surface area contributed by atoms with Crippen LogP contribution >= 0.6 is 11.6 Å². The summed E-state index contributed by atoms with van der Waals surface area (Å²) in [6.45, 7) is 7.35. The van der Waals surface area contributed by atoms with E-state index in [9.17, 15) is 9.59 Å². The molecule has 4 rings (SSSR count). The molecule has 0 bridgehead atoms. The number of hydrogen-bond donors (Lipinski definition) is 1. The number of nitrogens with zero attached hydrogens (tertiary/aromatic N) is 3. The van der Waals surface area contributed by atoms with Gasteiger partial charge in [-0.25, -0.2) is 9.97 Å². The lowest BCUT2D eigenvalue weighted by molar-refractivity contribution is -0.116. The van der Waals surface area contributed by atoms with Gasteiger partial charge in [0, 0.05) is 47.5 Å². The predicted molar refractivity (Wildman–Crippen MR) is 164 cm³/mol. The van der Waals surface area contributed by atoms with Crippen LogP contribution in [-0.2, 0) is 11.2 Å². The molecule has 1 aromatic heterocycles. The highest BCUT2D eigenvalue weighted by Crippen LogP contribution is 2.22. The summed E-state index contributed by atoms with van der Waals surface area (Å²) < 4.78 is 0. The monoisotopic (exact) mass is 556 g/mol. The molecule has 0 saturated carbocycles. The summed E-state index contributed by atoms with van der Waals surface area (Å²) in [7, 11) is 0. The van der Waals surface area contributed by atoms with Crippen LogP contribution in [0.25, 0.3) is 11.3 Å². The van der Waals surface area contributed by atoms with Gasteiger partial charge in [0.2, 0.25) is 5.95 Å². The van der Waals surface area contributed by atoms with E-state index in [1.807, 2.05) is 89.8 Å². The largest absolute Gasteiger partial charge is 0.339 e. The van der Waals surface area contributed by atoms with Crippen LogP contribution in [0.4, 0.5) is 11.6 Å². The average Bonchev–Trinajstić information content (AvgIpc) is 2.97. The molecule has 0 spiro atoms. The SMILES string of the molecule is CC(=O)CCc1ccccc1.CCCN(CCC)C(=O)c1ccc(Nc2nccc(-c3ccc(Cl)cc3)n2)cc1. The lowest BCUT2D eigenvalue weighted by Crippen LogP contribution is -2.32. The van der Waals surface area contributed by atoms with E-state index in [4.69, 9.17) is 11.6 Å². The second-order valence-electron chi connectivity index (χ2n) is 9.45. The highest BCUT2D eigenvalue weighted by atomic mass is 35.5. The topological polar surface area (TPSA) is 75.2 Å². The zero-order valence-corrected chi connectivity index (χ0v) is 24.2. The van der Waals surface area contributed by atoms with E-state index in [0.717, 1.165) is 49.3 Å². The van der Waals surface area contributed by atoms with Crippen LogP contribution in [0.2, 0.25) is 5.02 Å². The van der Waals surface area contributed by atoms with Gasteiger partial charge in [-0.1, -0.05) is 67.9 Å². The Labute approximate surface area is 242 Å². The molecule has 0 unspecified atom stereocenters. The molecule has 208 valence electrons. The van der Waals surface area contributed by atoms with Crippen LogP contribution in [0.15, 0.2) is 91.1 Å². The molecule has 0 aliphatic carbocycles. The van der Waals surface area contributed by atoms with Crippen LogP contribution in [0.5, 0.6) is 0 Å². The molecule has 3 aromatic carbocycles. The Morgan fingerprint density at radius 3 is 2.10 bits per heavy atom. The lowest BCUT2D eigenvalue weighted by atomic mass is 10.1. The molecule has 0 aliphatic rings. The Hall–Kier alpha value is -4.03. The summed E-state index contributed by atoms with van der Waals surface area (Å²) >= 11 is 5.96. The highest BCUT2D eigenvalue weighted by molar-refractivity contribution is 6.30. The van der Waals surface area contributed by atoms with Gasteiger partial charge in [0.05, 0.1) is 5.69 Å². The minimum absolute atomic E-state index is 0.0706. The van der Waals surface area contributed by atoms with Gasteiger partial charge in [-0.05, 0) is 74.2 Å². The molecule has 4 aromatic rings. The number of rotatable bonds is 11. The maximum atomic E-state index is 12.7. The first-order chi connectivity index (χ1) is 19.4. The van der Waals surface area contributed by atoms with Gasteiger partial charge in [0.15, 0.2) is 0 Å². The normalized spacial score (nSPS) is 10.3. The number of nitrogens with one attached hydrogen (secondary N) is 1. The van der Waals surface area contributed by atoms with Crippen molar-refractivity contribution in [2.75, 3.05) is 18.4 Å². The number of ketones is 1. The maximum Gasteiger partial charge on any atom is 0.253 e. The van der Waals surface area contributed by atoms with Crippen molar-refractivity contribution in [2.24, 2.45) is 0 Å². The summed E-state index contributed by atoms with van der Waals surface area (Å²) in [4.78, 5) is 34.1. The molecular formula is C33H37ClN4O2. The molecule has 0 aliphatic heterocycles. The number of carbonyl (C=O) groups excluding carboxylic acids is 2. The number of hydrogen-bond acceptors (Lipinski definition) is 5. The Balaban J connectivity index is 0.000000336. The number of anilines is 2. The van der Waals surface area contributed by atoms with Crippen LogP contribution in [0.1, 0.15) is 56.0 Å². The second-order valence-corrected chi connectivity index (χ2v) is 9.89. The average molecular weight is 557 g/mol. The van der Waals surface area contributed by atoms with Gasteiger partial charge in [0.1, 0.15) is 5.78 Å². The molecule has 0 radical (unpaired) electrons. The van der Waals surface area contributed by atoms with Crippen molar-refractivity contribution < 1.29 is 9.59 Å². The zero-order chi connectivity index (χ0) is 28.7. The molecule has 0 atom stereocenters. The molecule has 0 fully saturated rings. The summed E-state index contributed by atoms with van der Waals surface area (Å²) in [6.07, 6.45) is 5.14. The molecule has 1 heterocycles. The minimum atomic E-state index is 0.0706. The van der Waals surface area contributed by atoms with Crippen molar-refractivity contribution >= 4 is 34.9 Å². The Bertz CT molecular complexity index is 1340. The van der Waals surface area contributed by atoms with Gasteiger partial charge >= 0.3 is 0 Å². The first kappa shape index (κ1) is 30.5. The number of carbonyl (C=O) groups is 2. The fraction of sp³-hybridized carbons (Fsp3) is 0.273. The van der Waals surface area contributed by atoms with Crippen LogP contribution < -0.4 is 5.32 Å². The number of halogens is 1. The van der Waals surface area contributed by atoms with Gasteiger partial charge in [-0.15, -0.1) is 0 Å². The van der Waals surface area contributed by atoms with Crippen molar-refractivity contribution in [1.82, 2.24) is 14.9 Å². The van der Waals surface area contributed by atoms with E-state index >= 15 is 0 Å². The zero-order valence-electron chi connectivity index (χ0n) is 23.4. The van der Waals surface area contributed by atoms with Gasteiger partial charge in [-0.2, -0.15) is 0 Å². The van der Waals surface area contributed by atoms with Crippen LogP contribution in [0, 0.1) is 0 Å². The van der Waals surface area contributed by atoms with Crippen LogP contribution in [-0.4, -0.2) is 39.6 Å². The van der Waals surface area contributed by atoms with E-state index in [0.29, 0.717) is 23.0 Å². The molecule has 1 amide bonds. The summed E-state index contributed by atoms with van der Waals surface area (Å²) in [5, 5.41) is 3.89. The molecule has 6 nitrogen and oxygen atoms in total. The summed E-state index contributed by atoms with van der Waals surface area (Å²) in [5.74, 6) is 0.824. The van der Waals surface area contributed by atoms with E-state index in [1.54, 1.807) is 13.1 Å². The van der Waals surface area contributed by atoms with Crippen molar-refractivity contribution in [3.8, 4) is 11.3 Å². The van der Waals surface area contributed by atoms with Crippen LogP contribution in [0.3, 0.4) is 0 Å². The standard InChI is InChI=1S/C23H25ClN4O.C10H12O/c1-3-15-28(16-4-2)22(29)18-7-11-20(12-8-18)26-23-25-14-13-21(27-23)17-5-9-19(24)10-6-17;1-9(11)7-8-10-5-3-2-4-6-10/h5-14H,3-4,15-16H2,1-2H3,(H,25,26,27);2-6H,7-8H2,1H3. The quantitative estimate of drug-likeness (QED) is 0.202. The number of aromatic nitrogens is 2. The van der Waals surface area contributed by atoms with E-state index in [1.165, 1.54) is 5.56 Å². The van der Waals surface area contributed by atoms with Crippen molar-refractivity contribution in [2.45, 2.75) is 46.5 Å². The van der Waals surface area contributed by atoms with Gasteiger partial charge < -0.3 is 15.0 Å². The second kappa shape index (κ2) is 16.2. The van der Waals surface area contributed by atoms with E-state index in [-0.39, 0.29) is 11.7 Å². The molecule has 1 N–H and O–H groups in total. The van der Waals surface area contributed by atoms with Gasteiger partial charge in [-0.3, -0.25) is 4.79 Å². The molecule has 0 saturated heterocycles. The predicted octanol–water partition coefficient (Wildman–Crippen LogP) is 8.01. The number of amides is 1. The fourth-order valence-electron chi connectivity index (χ4n) is 4.03. The van der Waals surface area contributed by atoms with Gasteiger partial charge in [0.25, 0.3) is 5.91 Å². The minimum Gasteiger partial charge on any atom is -0.339 e. The molecular weight excluding hydrogens is 520 g/mol. The summed E-state index contributed by atoms with van der Waals surface area (Å²) in [5.41, 5.74) is 4.52.